The van der Waals surface area contributed by atoms with E-state index in [0.717, 1.165) is 11.1 Å². The van der Waals surface area contributed by atoms with Gasteiger partial charge in [-0.15, -0.1) is 0 Å². The number of esters is 1. The predicted molar refractivity (Wildman–Crippen MR) is 72.7 cm³/mol. The Bertz CT molecular complexity index is 541. The van der Waals surface area contributed by atoms with Crippen LogP contribution in [-0.4, -0.2) is 11.1 Å². The highest BCUT2D eigenvalue weighted by atomic mass is 16.5. The first-order valence-electron chi connectivity index (χ1n) is 6.11. The Morgan fingerprint density at radius 2 is 1.58 bits per heavy atom. The van der Waals surface area contributed by atoms with Crippen molar-refractivity contribution in [3.05, 3.63) is 70.8 Å². The van der Waals surface area contributed by atoms with Gasteiger partial charge >= 0.3 is 5.97 Å². The van der Waals surface area contributed by atoms with Gasteiger partial charge in [-0.2, -0.15) is 0 Å². The first kappa shape index (κ1) is 13.3. The maximum absolute atomic E-state index is 11.8. The normalized spacial score (nSPS) is 10.2. The third-order valence-corrected chi connectivity index (χ3v) is 2.86. The maximum Gasteiger partial charge on any atom is 0.338 e. The molecule has 0 saturated carbocycles. The van der Waals surface area contributed by atoms with Crippen LogP contribution in [0.25, 0.3) is 0 Å². The number of aryl methyl sites for hydroxylation is 1. The summed E-state index contributed by atoms with van der Waals surface area (Å²) in [4.78, 5) is 11.8. The van der Waals surface area contributed by atoms with Gasteiger partial charge in [0.05, 0.1) is 12.2 Å². The summed E-state index contributed by atoms with van der Waals surface area (Å²) in [6.45, 7) is 2.25. The molecule has 0 fully saturated rings. The molecule has 0 saturated heterocycles. The second-order valence-corrected chi connectivity index (χ2v) is 4.42. The van der Waals surface area contributed by atoms with Gasteiger partial charge in [0.25, 0.3) is 0 Å². The zero-order chi connectivity index (χ0) is 13.7. The largest absolute Gasteiger partial charge is 0.457 e. The fourth-order valence-electron chi connectivity index (χ4n) is 1.66. The molecule has 3 heteroatoms. The molecule has 0 aromatic heterocycles. The van der Waals surface area contributed by atoms with E-state index < -0.39 is 0 Å². The van der Waals surface area contributed by atoms with Crippen molar-refractivity contribution in [2.45, 2.75) is 20.1 Å². The second-order valence-electron chi connectivity index (χ2n) is 4.42. The highest BCUT2D eigenvalue weighted by molar-refractivity contribution is 5.89. The summed E-state index contributed by atoms with van der Waals surface area (Å²) in [5.41, 5.74) is 3.40. The van der Waals surface area contributed by atoms with Crippen LogP contribution in [0, 0.1) is 6.92 Å². The molecule has 3 nitrogen and oxygen atoms in total. The molecule has 0 radical (unpaired) electrons. The summed E-state index contributed by atoms with van der Waals surface area (Å²) in [6, 6.07) is 14.6. The van der Waals surface area contributed by atoms with E-state index in [1.54, 1.807) is 24.3 Å². The van der Waals surface area contributed by atoms with Gasteiger partial charge in [-0.1, -0.05) is 42.0 Å². The Hall–Kier alpha value is -2.13. The van der Waals surface area contributed by atoms with Crippen molar-refractivity contribution in [3.63, 3.8) is 0 Å². The van der Waals surface area contributed by atoms with Crippen molar-refractivity contribution in [1.29, 1.82) is 0 Å². The molecule has 0 spiro atoms. The molecular formula is C16H16O3. The molecule has 0 unspecified atom stereocenters. The van der Waals surface area contributed by atoms with E-state index in [1.165, 1.54) is 5.56 Å². The molecule has 19 heavy (non-hydrogen) atoms. The lowest BCUT2D eigenvalue weighted by atomic mass is 10.1. The highest BCUT2D eigenvalue weighted by Crippen LogP contribution is 2.09. The van der Waals surface area contributed by atoms with Gasteiger partial charge in [0.1, 0.15) is 6.61 Å². The number of hydrogen-bond acceptors (Lipinski definition) is 3. The maximum atomic E-state index is 11.8. The summed E-state index contributed by atoms with van der Waals surface area (Å²) in [5, 5.41) is 8.93. The van der Waals surface area contributed by atoms with Gasteiger partial charge in [0.15, 0.2) is 0 Å². The molecule has 0 aliphatic carbocycles. The van der Waals surface area contributed by atoms with Crippen LogP contribution >= 0.6 is 0 Å². The second kappa shape index (κ2) is 6.16. The third-order valence-electron chi connectivity index (χ3n) is 2.86. The number of carbonyl (C=O) groups excluding carboxylic acids is 1. The summed E-state index contributed by atoms with van der Waals surface area (Å²) in [5.74, 6) is -0.356. The fraction of sp³-hybridized carbons (Fsp3) is 0.188. The molecule has 0 aliphatic rings. The number of aliphatic hydroxyl groups excluding tert-OH is 1. The van der Waals surface area contributed by atoms with E-state index >= 15 is 0 Å². The lowest BCUT2D eigenvalue weighted by molar-refractivity contribution is 0.0472. The Labute approximate surface area is 112 Å². The molecule has 0 bridgehead atoms. The monoisotopic (exact) mass is 256 g/mol. The van der Waals surface area contributed by atoms with E-state index in [9.17, 15) is 4.79 Å². The number of benzene rings is 2. The third kappa shape index (κ3) is 3.66. The van der Waals surface area contributed by atoms with Crippen LogP contribution in [0.2, 0.25) is 0 Å². The van der Waals surface area contributed by atoms with Gasteiger partial charge in [-0.05, 0) is 30.2 Å². The van der Waals surface area contributed by atoms with E-state index in [-0.39, 0.29) is 19.2 Å². The van der Waals surface area contributed by atoms with Gasteiger partial charge in [-0.3, -0.25) is 0 Å². The highest BCUT2D eigenvalue weighted by Gasteiger charge is 2.07. The predicted octanol–water partition coefficient (Wildman–Crippen LogP) is 2.84. The molecular weight excluding hydrogens is 240 g/mol. The summed E-state index contributed by atoms with van der Waals surface area (Å²) >= 11 is 0. The van der Waals surface area contributed by atoms with E-state index in [2.05, 4.69) is 0 Å². The quantitative estimate of drug-likeness (QED) is 0.856. The lowest BCUT2D eigenvalue weighted by Gasteiger charge is -2.06. The van der Waals surface area contributed by atoms with Crippen molar-refractivity contribution in [3.8, 4) is 0 Å². The summed E-state index contributed by atoms with van der Waals surface area (Å²) in [6.07, 6.45) is 0. The zero-order valence-corrected chi connectivity index (χ0v) is 10.8. The van der Waals surface area contributed by atoms with Crippen LogP contribution < -0.4 is 0 Å². The average Bonchev–Trinajstić information content (AvgIpc) is 2.46. The number of aliphatic hydroxyl groups is 1. The Morgan fingerprint density at radius 3 is 2.16 bits per heavy atom. The number of rotatable bonds is 4. The summed E-state index contributed by atoms with van der Waals surface area (Å²) in [7, 11) is 0. The van der Waals surface area contributed by atoms with Gasteiger partial charge in [-0.25, -0.2) is 4.79 Å². The molecule has 0 aliphatic heterocycles. The van der Waals surface area contributed by atoms with Gasteiger partial charge < -0.3 is 9.84 Å². The molecule has 1 N–H and O–H groups in total. The minimum atomic E-state index is -0.356. The van der Waals surface area contributed by atoms with Crippen molar-refractivity contribution >= 4 is 5.97 Å². The summed E-state index contributed by atoms with van der Waals surface area (Å²) < 4.78 is 5.23. The smallest absolute Gasteiger partial charge is 0.338 e. The average molecular weight is 256 g/mol. The number of ether oxygens (including phenoxy) is 1. The van der Waals surface area contributed by atoms with E-state index in [1.807, 2.05) is 31.2 Å². The van der Waals surface area contributed by atoms with E-state index in [0.29, 0.717) is 5.56 Å². The van der Waals surface area contributed by atoms with Crippen molar-refractivity contribution in [1.82, 2.24) is 0 Å². The molecule has 0 heterocycles. The minimum absolute atomic E-state index is 0.0291. The SMILES string of the molecule is Cc1ccc(COC(=O)c2ccc(CO)cc2)cc1. The first-order chi connectivity index (χ1) is 9.19. The van der Waals surface area contributed by atoms with Crippen molar-refractivity contribution in [2.75, 3.05) is 0 Å². The molecule has 0 amide bonds. The fourth-order valence-corrected chi connectivity index (χ4v) is 1.66. The standard InChI is InChI=1S/C16H16O3/c1-12-2-4-14(5-3-12)11-19-16(18)15-8-6-13(10-17)7-9-15/h2-9,17H,10-11H2,1H3. The van der Waals surface area contributed by atoms with Crippen molar-refractivity contribution in [2.24, 2.45) is 0 Å². The van der Waals surface area contributed by atoms with Crippen LogP contribution in [0.3, 0.4) is 0 Å². The lowest BCUT2D eigenvalue weighted by Crippen LogP contribution is -2.05. The van der Waals surface area contributed by atoms with Crippen LogP contribution in [0.15, 0.2) is 48.5 Å². The molecule has 2 aromatic carbocycles. The number of hydrogen-bond donors (Lipinski definition) is 1. The van der Waals surface area contributed by atoms with E-state index in [4.69, 9.17) is 9.84 Å². The number of carbonyl (C=O) groups is 1. The topological polar surface area (TPSA) is 46.5 Å². The van der Waals surface area contributed by atoms with Gasteiger partial charge in [0, 0.05) is 0 Å². The molecule has 2 rings (SSSR count). The van der Waals surface area contributed by atoms with Crippen LogP contribution in [-0.2, 0) is 18.0 Å². The molecule has 98 valence electrons. The van der Waals surface area contributed by atoms with Crippen molar-refractivity contribution < 1.29 is 14.6 Å². The van der Waals surface area contributed by atoms with Crippen LogP contribution in [0.5, 0.6) is 0 Å². The zero-order valence-electron chi connectivity index (χ0n) is 10.8. The Balaban J connectivity index is 1.95. The Kier molecular flexibility index (Phi) is 4.31. The van der Waals surface area contributed by atoms with Gasteiger partial charge in [0.2, 0.25) is 0 Å². The Morgan fingerprint density at radius 1 is 1.00 bits per heavy atom. The minimum Gasteiger partial charge on any atom is -0.457 e. The first-order valence-corrected chi connectivity index (χ1v) is 6.11. The van der Waals surface area contributed by atoms with Crippen LogP contribution in [0.4, 0.5) is 0 Å². The van der Waals surface area contributed by atoms with Crippen LogP contribution in [0.1, 0.15) is 27.0 Å². The molecule has 0 atom stereocenters. The molecule has 2 aromatic rings.